The molecular weight excluding hydrogens is 311 g/mol. The van der Waals surface area contributed by atoms with Gasteiger partial charge in [0.25, 0.3) is 5.91 Å². The monoisotopic (exact) mass is 320 g/mol. The van der Waals surface area contributed by atoms with Crippen LogP contribution in [0.25, 0.3) is 0 Å². The molecule has 0 aliphatic heterocycles. The summed E-state index contributed by atoms with van der Waals surface area (Å²) in [5.41, 5.74) is 6.32. The first-order chi connectivity index (χ1) is 9.92. The van der Waals surface area contributed by atoms with Crippen LogP contribution >= 0.6 is 23.2 Å². The third kappa shape index (κ3) is 3.24. The van der Waals surface area contributed by atoms with Gasteiger partial charge < -0.3 is 10.3 Å². The molecule has 0 bridgehead atoms. The van der Waals surface area contributed by atoms with Crippen molar-refractivity contribution < 1.29 is 4.79 Å². The number of halogens is 2. The number of nitriles is 1. The normalized spacial score (nSPS) is 10.1. The van der Waals surface area contributed by atoms with E-state index in [0.717, 1.165) is 5.56 Å². The van der Waals surface area contributed by atoms with Gasteiger partial charge in [-0.1, -0.05) is 29.3 Å². The summed E-state index contributed by atoms with van der Waals surface area (Å²) in [4.78, 5) is 11.3. The Hall–Kier alpha value is -2.29. The van der Waals surface area contributed by atoms with Gasteiger partial charge in [0.1, 0.15) is 11.6 Å². The highest BCUT2D eigenvalue weighted by Crippen LogP contribution is 2.17. The minimum Gasteiger partial charge on any atom is -0.365 e. The molecule has 1 aromatic carbocycles. The van der Waals surface area contributed by atoms with Crippen LogP contribution in [0.1, 0.15) is 21.5 Å². The Morgan fingerprint density at radius 2 is 2.10 bits per heavy atom. The number of nitrogens with one attached hydrogen (secondary N) is 1. The minimum absolute atomic E-state index is 0.0389. The fraction of sp³-hybridized carbons (Fsp3) is 0.0714. The number of nitrogens with zero attached hydrogens (tertiary/aromatic N) is 2. The molecule has 0 atom stereocenters. The SMILES string of the molecule is N#Cc1cc(Cn2cc(Cl)cc(C(N)=O)c2=N)ccc1Cl. The molecule has 0 fully saturated rings. The van der Waals surface area contributed by atoms with Crippen LogP contribution in [0.4, 0.5) is 0 Å². The van der Waals surface area contributed by atoms with E-state index in [1.807, 2.05) is 6.07 Å². The van der Waals surface area contributed by atoms with Crippen LogP contribution in [0.15, 0.2) is 30.5 Å². The van der Waals surface area contributed by atoms with Crippen molar-refractivity contribution in [3.05, 3.63) is 62.7 Å². The Balaban J connectivity index is 2.48. The van der Waals surface area contributed by atoms with Gasteiger partial charge in [-0.3, -0.25) is 10.2 Å². The van der Waals surface area contributed by atoms with Crippen molar-refractivity contribution in [2.75, 3.05) is 0 Å². The molecule has 21 heavy (non-hydrogen) atoms. The number of aromatic nitrogens is 1. The van der Waals surface area contributed by atoms with Gasteiger partial charge in [-0.15, -0.1) is 0 Å². The molecule has 0 aliphatic rings. The molecule has 3 N–H and O–H groups in total. The van der Waals surface area contributed by atoms with Crippen LogP contribution in [0.3, 0.4) is 0 Å². The summed E-state index contributed by atoms with van der Waals surface area (Å²) in [6.07, 6.45) is 1.52. The third-order valence-corrected chi connectivity index (χ3v) is 3.41. The summed E-state index contributed by atoms with van der Waals surface area (Å²) in [5.74, 6) is -0.718. The van der Waals surface area contributed by atoms with Crippen molar-refractivity contribution >= 4 is 29.1 Å². The van der Waals surface area contributed by atoms with Crippen molar-refractivity contribution in [2.45, 2.75) is 6.54 Å². The van der Waals surface area contributed by atoms with Crippen LogP contribution in [0.5, 0.6) is 0 Å². The first-order valence-electron chi connectivity index (χ1n) is 5.85. The molecule has 0 aliphatic carbocycles. The van der Waals surface area contributed by atoms with Crippen molar-refractivity contribution in [1.29, 1.82) is 10.7 Å². The van der Waals surface area contributed by atoms with Crippen molar-refractivity contribution in [3.8, 4) is 6.07 Å². The standard InChI is InChI=1S/C14H10Cl2N4O/c15-10-4-11(14(19)21)13(18)20(7-10)6-8-1-2-12(16)9(3-8)5-17/h1-4,7,18H,6H2,(H2,19,21). The Morgan fingerprint density at radius 3 is 2.71 bits per heavy atom. The number of carbonyl (C=O) groups is 1. The molecule has 0 saturated heterocycles. The van der Waals surface area contributed by atoms with Crippen LogP contribution in [-0.2, 0) is 6.54 Å². The smallest absolute Gasteiger partial charge is 0.252 e. The third-order valence-electron chi connectivity index (χ3n) is 2.87. The topological polar surface area (TPSA) is 95.7 Å². The molecule has 0 saturated carbocycles. The van der Waals surface area contributed by atoms with Gasteiger partial charge in [0.05, 0.1) is 21.2 Å². The molecule has 7 heteroatoms. The molecule has 5 nitrogen and oxygen atoms in total. The summed E-state index contributed by atoms with van der Waals surface area (Å²) < 4.78 is 1.48. The van der Waals surface area contributed by atoms with E-state index in [9.17, 15) is 4.79 Å². The summed E-state index contributed by atoms with van der Waals surface area (Å²) >= 11 is 11.8. The lowest BCUT2D eigenvalue weighted by Crippen LogP contribution is -2.29. The summed E-state index contributed by atoms with van der Waals surface area (Å²) in [5, 5.41) is 17.6. The van der Waals surface area contributed by atoms with E-state index < -0.39 is 5.91 Å². The molecule has 1 heterocycles. The molecule has 0 spiro atoms. The second-order valence-electron chi connectivity index (χ2n) is 4.34. The second-order valence-corrected chi connectivity index (χ2v) is 5.18. The first-order valence-corrected chi connectivity index (χ1v) is 6.61. The van der Waals surface area contributed by atoms with E-state index in [0.29, 0.717) is 15.6 Å². The Labute approximate surface area is 130 Å². The van der Waals surface area contributed by atoms with Gasteiger partial charge in [0.2, 0.25) is 0 Å². The summed E-state index contributed by atoms with van der Waals surface area (Å²) in [6.45, 7) is 0.269. The van der Waals surface area contributed by atoms with Gasteiger partial charge in [-0.25, -0.2) is 0 Å². The molecule has 2 rings (SSSR count). The number of pyridine rings is 1. The quantitative estimate of drug-likeness (QED) is 0.907. The molecule has 1 amide bonds. The maximum atomic E-state index is 11.3. The molecule has 2 aromatic rings. The number of rotatable bonds is 3. The number of primary amides is 1. The highest BCUT2D eigenvalue weighted by atomic mass is 35.5. The van der Waals surface area contributed by atoms with Crippen LogP contribution in [-0.4, -0.2) is 10.5 Å². The number of benzene rings is 1. The number of nitrogens with two attached hydrogens (primary N) is 1. The van der Waals surface area contributed by atoms with E-state index in [-0.39, 0.29) is 17.6 Å². The number of carbonyl (C=O) groups excluding carboxylic acids is 1. The zero-order chi connectivity index (χ0) is 15.6. The Kier molecular flexibility index (Phi) is 4.32. The zero-order valence-electron chi connectivity index (χ0n) is 10.7. The largest absolute Gasteiger partial charge is 0.365 e. The average Bonchev–Trinajstić information content (AvgIpc) is 2.44. The van der Waals surface area contributed by atoms with Crippen LogP contribution in [0.2, 0.25) is 10.0 Å². The highest BCUT2D eigenvalue weighted by Gasteiger charge is 2.09. The van der Waals surface area contributed by atoms with Gasteiger partial charge in [0, 0.05) is 12.7 Å². The predicted molar refractivity (Wildman–Crippen MR) is 79.1 cm³/mol. The second kappa shape index (κ2) is 6.00. The zero-order valence-corrected chi connectivity index (χ0v) is 12.2. The fourth-order valence-corrected chi connectivity index (χ4v) is 2.26. The summed E-state index contributed by atoms with van der Waals surface area (Å²) in [6, 6.07) is 8.31. The average molecular weight is 321 g/mol. The van der Waals surface area contributed by atoms with Gasteiger partial charge >= 0.3 is 0 Å². The number of hydrogen-bond acceptors (Lipinski definition) is 3. The van der Waals surface area contributed by atoms with Gasteiger partial charge in [-0.05, 0) is 23.8 Å². The first kappa shape index (κ1) is 15.1. The van der Waals surface area contributed by atoms with Crippen LogP contribution in [0, 0.1) is 16.7 Å². The Morgan fingerprint density at radius 1 is 1.38 bits per heavy atom. The molecular formula is C14H10Cl2N4O. The molecule has 0 unspecified atom stereocenters. The number of hydrogen-bond donors (Lipinski definition) is 2. The predicted octanol–water partition coefficient (Wildman–Crippen LogP) is 2.29. The number of amides is 1. The highest BCUT2D eigenvalue weighted by molar-refractivity contribution is 6.31. The van der Waals surface area contributed by atoms with Gasteiger partial charge in [-0.2, -0.15) is 5.26 Å². The van der Waals surface area contributed by atoms with Crippen molar-refractivity contribution in [1.82, 2.24) is 4.57 Å². The maximum Gasteiger partial charge on any atom is 0.252 e. The maximum absolute atomic E-state index is 11.3. The van der Waals surface area contributed by atoms with Gasteiger partial charge in [0.15, 0.2) is 0 Å². The summed E-state index contributed by atoms with van der Waals surface area (Å²) in [7, 11) is 0. The van der Waals surface area contributed by atoms with Crippen LogP contribution < -0.4 is 11.2 Å². The molecule has 0 radical (unpaired) electrons. The van der Waals surface area contributed by atoms with Crippen molar-refractivity contribution in [3.63, 3.8) is 0 Å². The van der Waals surface area contributed by atoms with Crippen molar-refractivity contribution in [2.24, 2.45) is 5.73 Å². The van der Waals surface area contributed by atoms with E-state index in [4.69, 9.17) is 39.6 Å². The van der Waals surface area contributed by atoms with E-state index in [1.165, 1.54) is 16.8 Å². The molecule has 106 valence electrons. The van der Waals surface area contributed by atoms with E-state index in [1.54, 1.807) is 18.2 Å². The van der Waals surface area contributed by atoms with E-state index in [2.05, 4.69) is 0 Å². The minimum atomic E-state index is -0.718. The van der Waals surface area contributed by atoms with E-state index >= 15 is 0 Å². The lowest BCUT2D eigenvalue weighted by atomic mass is 10.1. The molecule has 1 aromatic heterocycles. The lowest BCUT2D eigenvalue weighted by Gasteiger charge is -2.10. The fourth-order valence-electron chi connectivity index (χ4n) is 1.88. The lowest BCUT2D eigenvalue weighted by molar-refractivity contribution is 0.0998. The Bertz CT molecular complexity index is 821.